The van der Waals surface area contributed by atoms with Gasteiger partial charge in [0, 0.05) is 6.07 Å². The molecule has 1 amide bonds. The summed E-state index contributed by atoms with van der Waals surface area (Å²) in [6.07, 6.45) is 0.301. The molecule has 0 spiro atoms. The number of amides is 1. The monoisotopic (exact) mass is 236 g/mol. The summed E-state index contributed by atoms with van der Waals surface area (Å²) in [5.74, 6) is 0.619. The fourth-order valence-electron chi connectivity index (χ4n) is 1.40. The van der Waals surface area contributed by atoms with Crippen LogP contribution in [-0.4, -0.2) is 28.8 Å². The molecule has 0 bridgehead atoms. The fraction of sp³-hybridized carbons (Fsp3) is 0.273. The van der Waals surface area contributed by atoms with Gasteiger partial charge in [-0.3, -0.25) is 0 Å². The van der Waals surface area contributed by atoms with Crippen molar-refractivity contribution in [2.45, 2.75) is 13.0 Å². The molecule has 6 heteroatoms. The van der Waals surface area contributed by atoms with E-state index in [0.717, 1.165) is 5.52 Å². The Morgan fingerprint density at radius 3 is 3.24 bits per heavy atom. The third-order valence-electron chi connectivity index (χ3n) is 2.17. The zero-order valence-corrected chi connectivity index (χ0v) is 9.21. The Hall–Kier alpha value is -2.24. The molecule has 0 fully saturated rings. The third kappa shape index (κ3) is 2.87. The van der Waals surface area contributed by atoms with Gasteiger partial charge in [0.15, 0.2) is 12.0 Å². The Bertz CT molecular complexity index is 523. The molecule has 17 heavy (non-hydrogen) atoms. The number of carbonyl (C=O) groups is 1. The van der Waals surface area contributed by atoms with Crippen molar-refractivity contribution < 1.29 is 19.1 Å². The Kier molecular flexibility index (Phi) is 3.13. The first kappa shape index (κ1) is 11.3. The SMILES string of the molecule is C[C@@H](COc1ccc2ncoc2c1)NC(=O)O. The summed E-state index contributed by atoms with van der Waals surface area (Å²) in [4.78, 5) is 14.4. The number of hydrogen-bond acceptors (Lipinski definition) is 4. The van der Waals surface area contributed by atoms with E-state index in [2.05, 4.69) is 10.3 Å². The molecule has 2 aromatic rings. The smallest absolute Gasteiger partial charge is 0.404 e. The van der Waals surface area contributed by atoms with Crippen LogP contribution in [0.4, 0.5) is 4.79 Å². The quantitative estimate of drug-likeness (QED) is 0.846. The summed E-state index contributed by atoms with van der Waals surface area (Å²) in [6, 6.07) is 4.98. The van der Waals surface area contributed by atoms with Gasteiger partial charge in [-0.15, -0.1) is 0 Å². The van der Waals surface area contributed by atoms with Crippen molar-refractivity contribution in [3.05, 3.63) is 24.6 Å². The lowest BCUT2D eigenvalue weighted by Gasteiger charge is -2.12. The summed E-state index contributed by atoms with van der Waals surface area (Å²) in [5.41, 5.74) is 1.40. The molecular weight excluding hydrogens is 224 g/mol. The Morgan fingerprint density at radius 1 is 1.65 bits per heavy atom. The maximum atomic E-state index is 10.4. The van der Waals surface area contributed by atoms with Crippen LogP contribution < -0.4 is 10.1 Å². The predicted molar refractivity (Wildman–Crippen MR) is 60.1 cm³/mol. The standard InChI is InChI=1S/C11H12N2O4/c1-7(13-11(14)15)5-16-8-2-3-9-10(4-8)17-6-12-9/h2-4,6-7,13H,5H2,1H3,(H,14,15)/t7-/m0/s1. The molecule has 0 saturated heterocycles. The molecule has 0 unspecified atom stereocenters. The Morgan fingerprint density at radius 2 is 2.47 bits per heavy atom. The first-order chi connectivity index (χ1) is 8.15. The highest BCUT2D eigenvalue weighted by Crippen LogP contribution is 2.19. The lowest BCUT2D eigenvalue weighted by atomic mass is 10.3. The summed E-state index contributed by atoms with van der Waals surface area (Å²) < 4.78 is 10.6. The first-order valence-electron chi connectivity index (χ1n) is 5.10. The van der Waals surface area contributed by atoms with Crippen LogP contribution in [0.25, 0.3) is 11.1 Å². The molecule has 0 aliphatic rings. The normalized spacial score (nSPS) is 12.3. The average Bonchev–Trinajstić information content (AvgIpc) is 2.72. The van der Waals surface area contributed by atoms with Gasteiger partial charge in [-0.1, -0.05) is 0 Å². The van der Waals surface area contributed by atoms with Gasteiger partial charge in [0.2, 0.25) is 0 Å². The highest BCUT2D eigenvalue weighted by molar-refractivity contribution is 5.73. The molecule has 90 valence electrons. The third-order valence-corrected chi connectivity index (χ3v) is 2.17. The van der Waals surface area contributed by atoms with Crippen LogP contribution in [0, 0.1) is 0 Å². The minimum Gasteiger partial charge on any atom is -0.491 e. The van der Waals surface area contributed by atoms with Crippen LogP contribution in [-0.2, 0) is 0 Å². The van der Waals surface area contributed by atoms with Crippen LogP contribution in [0.3, 0.4) is 0 Å². The van der Waals surface area contributed by atoms with Gasteiger partial charge in [-0.25, -0.2) is 9.78 Å². The van der Waals surface area contributed by atoms with Gasteiger partial charge in [0.1, 0.15) is 17.9 Å². The number of carboxylic acid groups (broad SMARTS) is 1. The Balaban J connectivity index is 1.96. The van der Waals surface area contributed by atoms with Crippen LogP contribution in [0.2, 0.25) is 0 Å². The number of nitrogens with zero attached hydrogens (tertiary/aromatic N) is 1. The number of ether oxygens (including phenoxy) is 1. The molecular formula is C11H12N2O4. The van der Waals surface area contributed by atoms with Crippen LogP contribution in [0.15, 0.2) is 29.0 Å². The molecule has 2 N–H and O–H groups in total. The highest BCUT2D eigenvalue weighted by Gasteiger charge is 2.07. The van der Waals surface area contributed by atoms with E-state index in [9.17, 15) is 4.79 Å². The topological polar surface area (TPSA) is 84.6 Å². The second kappa shape index (κ2) is 4.73. The summed E-state index contributed by atoms with van der Waals surface area (Å²) in [7, 11) is 0. The largest absolute Gasteiger partial charge is 0.491 e. The van der Waals surface area contributed by atoms with Crippen molar-refractivity contribution in [1.29, 1.82) is 0 Å². The molecule has 1 atom stereocenters. The number of aromatic nitrogens is 1. The van der Waals surface area contributed by atoms with E-state index in [1.807, 2.05) is 0 Å². The second-order valence-electron chi connectivity index (χ2n) is 3.64. The van der Waals surface area contributed by atoms with Gasteiger partial charge in [0.05, 0.1) is 6.04 Å². The summed E-state index contributed by atoms with van der Waals surface area (Å²) in [6.45, 7) is 1.98. The van der Waals surface area contributed by atoms with Gasteiger partial charge in [-0.2, -0.15) is 0 Å². The molecule has 1 heterocycles. The van der Waals surface area contributed by atoms with Gasteiger partial charge in [-0.05, 0) is 19.1 Å². The molecule has 1 aromatic heterocycles. The van der Waals surface area contributed by atoms with E-state index in [0.29, 0.717) is 11.3 Å². The van der Waals surface area contributed by atoms with Gasteiger partial charge >= 0.3 is 6.09 Å². The maximum absolute atomic E-state index is 10.4. The number of fused-ring (bicyclic) bond motifs is 1. The first-order valence-corrected chi connectivity index (χ1v) is 5.10. The van der Waals surface area contributed by atoms with E-state index >= 15 is 0 Å². The summed E-state index contributed by atoms with van der Waals surface area (Å²) >= 11 is 0. The number of nitrogens with one attached hydrogen (secondary N) is 1. The zero-order chi connectivity index (χ0) is 12.3. The minimum absolute atomic E-state index is 0.256. The van der Waals surface area contributed by atoms with E-state index in [1.54, 1.807) is 25.1 Å². The van der Waals surface area contributed by atoms with Crippen LogP contribution in [0.5, 0.6) is 5.75 Å². The van der Waals surface area contributed by atoms with Crippen molar-refractivity contribution in [3.8, 4) is 5.75 Å². The van der Waals surface area contributed by atoms with Crippen molar-refractivity contribution >= 4 is 17.2 Å². The van der Waals surface area contributed by atoms with E-state index < -0.39 is 6.09 Å². The molecule has 6 nitrogen and oxygen atoms in total. The van der Waals surface area contributed by atoms with Crippen molar-refractivity contribution in [3.63, 3.8) is 0 Å². The average molecular weight is 236 g/mol. The molecule has 0 aliphatic heterocycles. The van der Waals surface area contributed by atoms with Crippen LogP contribution >= 0.6 is 0 Å². The van der Waals surface area contributed by atoms with Gasteiger partial charge < -0.3 is 19.6 Å². The van der Waals surface area contributed by atoms with Gasteiger partial charge in [0.25, 0.3) is 0 Å². The Labute approximate surface area is 97.2 Å². The van der Waals surface area contributed by atoms with E-state index in [1.165, 1.54) is 6.39 Å². The van der Waals surface area contributed by atoms with Crippen molar-refractivity contribution in [2.24, 2.45) is 0 Å². The van der Waals surface area contributed by atoms with Crippen LogP contribution in [0.1, 0.15) is 6.92 Å². The number of oxazole rings is 1. The number of hydrogen-bond donors (Lipinski definition) is 2. The zero-order valence-electron chi connectivity index (χ0n) is 9.21. The highest BCUT2D eigenvalue weighted by atomic mass is 16.5. The van der Waals surface area contributed by atoms with Crippen molar-refractivity contribution in [1.82, 2.24) is 10.3 Å². The molecule has 0 aliphatic carbocycles. The fourth-order valence-corrected chi connectivity index (χ4v) is 1.40. The molecule has 2 rings (SSSR count). The summed E-state index contributed by atoms with van der Waals surface area (Å²) in [5, 5.41) is 10.8. The molecule has 0 radical (unpaired) electrons. The minimum atomic E-state index is -1.06. The lowest BCUT2D eigenvalue weighted by Crippen LogP contribution is -2.35. The van der Waals surface area contributed by atoms with Crippen molar-refractivity contribution in [2.75, 3.05) is 6.61 Å². The van der Waals surface area contributed by atoms with E-state index in [4.69, 9.17) is 14.3 Å². The lowest BCUT2D eigenvalue weighted by molar-refractivity contribution is 0.183. The number of benzene rings is 1. The van der Waals surface area contributed by atoms with E-state index in [-0.39, 0.29) is 12.6 Å². The number of rotatable bonds is 4. The molecule has 0 saturated carbocycles. The molecule has 1 aromatic carbocycles. The predicted octanol–water partition coefficient (Wildman–Crippen LogP) is 1.86. The second-order valence-corrected chi connectivity index (χ2v) is 3.64. The maximum Gasteiger partial charge on any atom is 0.404 e.